The summed E-state index contributed by atoms with van der Waals surface area (Å²) < 4.78 is 47.7. The normalized spacial score (nSPS) is 17.0. The van der Waals surface area contributed by atoms with Gasteiger partial charge in [0, 0.05) is 27.6 Å². The van der Waals surface area contributed by atoms with Crippen LogP contribution in [0.5, 0.6) is 0 Å². The first kappa shape index (κ1) is 27.5. The van der Waals surface area contributed by atoms with Gasteiger partial charge in [-0.05, 0) is 53.9 Å². The average Bonchev–Trinajstić information content (AvgIpc) is 3.34. The van der Waals surface area contributed by atoms with E-state index < -0.39 is 30.2 Å². The van der Waals surface area contributed by atoms with E-state index in [1.807, 2.05) is 0 Å². The van der Waals surface area contributed by atoms with Gasteiger partial charge in [0.1, 0.15) is 0 Å². The summed E-state index contributed by atoms with van der Waals surface area (Å²) in [4.78, 5) is 31.7. The van der Waals surface area contributed by atoms with Gasteiger partial charge in [-0.3, -0.25) is 4.79 Å². The molecule has 2 amide bonds. The molecule has 11 heteroatoms. The van der Waals surface area contributed by atoms with Crippen LogP contribution in [0.2, 0.25) is 10.0 Å². The van der Waals surface area contributed by atoms with Crippen molar-refractivity contribution in [3.63, 3.8) is 0 Å². The predicted molar refractivity (Wildman–Crippen MR) is 136 cm³/mol. The van der Waals surface area contributed by atoms with Gasteiger partial charge in [-0.1, -0.05) is 64.8 Å². The molecule has 0 saturated carbocycles. The Labute approximate surface area is 226 Å². The maximum Gasteiger partial charge on any atom is 0.435 e. The summed E-state index contributed by atoms with van der Waals surface area (Å²) in [6.07, 6.45) is -6.32. The van der Waals surface area contributed by atoms with E-state index in [0.29, 0.717) is 16.7 Å². The van der Waals surface area contributed by atoms with Crippen LogP contribution < -0.4 is 0 Å². The molecule has 0 aromatic heterocycles. The van der Waals surface area contributed by atoms with Crippen molar-refractivity contribution in [2.24, 2.45) is 5.16 Å². The topological polar surface area (TPSA) is 68.2 Å². The van der Waals surface area contributed by atoms with E-state index in [-0.39, 0.29) is 33.4 Å². The Hall–Kier alpha value is -3.56. The van der Waals surface area contributed by atoms with Gasteiger partial charge in [0.15, 0.2) is 0 Å². The molecule has 1 aliphatic heterocycles. The van der Waals surface area contributed by atoms with Crippen molar-refractivity contribution < 1.29 is 32.3 Å². The summed E-state index contributed by atoms with van der Waals surface area (Å²) in [5, 5.41) is 3.80. The third-order valence-electron chi connectivity index (χ3n) is 6.13. The van der Waals surface area contributed by atoms with E-state index in [4.69, 9.17) is 32.8 Å². The van der Waals surface area contributed by atoms with Crippen LogP contribution in [0.15, 0.2) is 71.9 Å². The second-order valence-corrected chi connectivity index (χ2v) is 9.54. The van der Waals surface area contributed by atoms with Gasteiger partial charge < -0.3 is 9.57 Å². The number of halogens is 5. The third-order valence-corrected chi connectivity index (χ3v) is 6.56. The summed E-state index contributed by atoms with van der Waals surface area (Å²) in [6.45, 7) is 1.59. The molecule has 1 aliphatic rings. The molecule has 0 aliphatic carbocycles. The maximum absolute atomic E-state index is 14.3. The van der Waals surface area contributed by atoms with Crippen LogP contribution in [0.4, 0.5) is 18.0 Å². The van der Waals surface area contributed by atoms with Crippen LogP contribution in [0, 0.1) is 6.92 Å². The largest absolute Gasteiger partial charge is 0.452 e. The number of rotatable bonds is 5. The molecular formula is C27H21Cl2F3N2O4. The number of oxime groups is 1. The molecule has 0 fully saturated rings. The molecule has 0 N–H and O–H groups in total. The van der Waals surface area contributed by atoms with Crippen LogP contribution in [-0.2, 0) is 21.7 Å². The number of benzene rings is 3. The van der Waals surface area contributed by atoms with Gasteiger partial charge in [-0.15, -0.1) is 0 Å². The van der Waals surface area contributed by atoms with E-state index in [1.54, 1.807) is 37.3 Å². The van der Waals surface area contributed by atoms with Crippen molar-refractivity contribution in [3.05, 3.63) is 105 Å². The molecule has 0 bridgehead atoms. The van der Waals surface area contributed by atoms with Crippen molar-refractivity contribution in [3.8, 4) is 0 Å². The van der Waals surface area contributed by atoms with Crippen molar-refractivity contribution in [1.29, 1.82) is 0 Å². The molecule has 3 aromatic rings. The molecule has 0 radical (unpaired) electrons. The minimum Gasteiger partial charge on any atom is -0.452 e. The number of methoxy groups -OCH3 is 1. The molecule has 1 unspecified atom stereocenters. The van der Waals surface area contributed by atoms with Crippen LogP contribution >= 0.6 is 23.2 Å². The van der Waals surface area contributed by atoms with E-state index >= 15 is 0 Å². The number of carbonyl (C=O) groups is 2. The van der Waals surface area contributed by atoms with E-state index in [9.17, 15) is 22.8 Å². The first-order chi connectivity index (χ1) is 17.9. The Balaban J connectivity index is 1.63. The molecule has 3 aromatic carbocycles. The van der Waals surface area contributed by atoms with Gasteiger partial charge in [0.2, 0.25) is 0 Å². The Morgan fingerprint density at radius 1 is 1.05 bits per heavy atom. The first-order valence-corrected chi connectivity index (χ1v) is 12.0. The second kappa shape index (κ2) is 10.7. The standard InChI is InChI=1S/C27H21Cl2F3N2O4/c1-16-10-18(8-9-22(16)24(35)34(25(36)37-2)15-17-6-4-3-5-7-17)23-14-26(38-33-23,27(30,31)32)19-11-20(28)13-21(29)12-19/h3-13H,14-15H2,1-2H3. The molecule has 0 saturated heterocycles. The lowest BCUT2D eigenvalue weighted by atomic mass is 9.86. The highest BCUT2D eigenvalue weighted by atomic mass is 35.5. The smallest absolute Gasteiger partial charge is 0.435 e. The fourth-order valence-corrected chi connectivity index (χ4v) is 4.70. The zero-order valence-electron chi connectivity index (χ0n) is 20.2. The molecule has 6 nitrogen and oxygen atoms in total. The van der Waals surface area contributed by atoms with Crippen molar-refractivity contribution in [2.45, 2.75) is 31.7 Å². The van der Waals surface area contributed by atoms with Crippen molar-refractivity contribution >= 4 is 40.9 Å². The number of nitrogens with zero attached hydrogens (tertiary/aromatic N) is 2. The van der Waals surface area contributed by atoms with E-state index in [1.165, 1.54) is 31.4 Å². The molecule has 4 rings (SSSR count). The Morgan fingerprint density at radius 2 is 1.71 bits per heavy atom. The number of carbonyl (C=O) groups excluding carboxylic acids is 2. The van der Waals surface area contributed by atoms with Crippen LogP contribution in [-0.4, -0.2) is 35.9 Å². The summed E-state index contributed by atoms with van der Waals surface area (Å²) in [5.41, 5.74) is -1.40. The summed E-state index contributed by atoms with van der Waals surface area (Å²) in [7, 11) is 1.17. The van der Waals surface area contributed by atoms with E-state index in [2.05, 4.69) is 5.16 Å². The fourth-order valence-electron chi connectivity index (χ4n) is 4.17. The highest BCUT2D eigenvalue weighted by molar-refractivity contribution is 6.34. The minimum atomic E-state index is -4.84. The Kier molecular flexibility index (Phi) is 7.71. The lowest BCUT2D eigenvalue weighted by molar-refractivity contribution is -0.275. The maximum atomic E-state index is 14.3. The summed E-state index contributed by atoms with van der Waals surface area (Å²) in [6, 6.07) is 16.9. The number of aryl methyl sites for hydroxylation is 1. The highest BCUT2D eigenvalue weighted by Crippen LogP contribution is 2.49. The van der Waals surface area contributed by atoms with Gasteiger partial charge >= 0.3 is 12.3 Å². The quantitative estimate of drug-likeness (QED) is 0.326. The van der Waals surface area contributed by atoms with Crippen molar-refractivity contribution in [1.82, 2.24) is 4.90 Å². The molecule has 38 heavy (non-hydrogen) atoms. The van der Waals surface area contributed by atoms with Crippen molar-refractivity contribution in [2.75, 3.05) is 7.11 Å². The highest BCUT2D eigenvalue weighted by Gasteiger charge is 2.62. The number of amides is 2. The minimum absolute atomic E-state index is 0.0228. The number of hydrogen-bond acceptors (Lipinski definition) is 5. The van der Waals surface area contributed by atoms with Gasteiger partial charge in [-0.2, -0.15) is 13.2 Å². The summed E-state index contributed by atoms with van der Waals surface area (Å²) in [5.74, 6) is -0.618. The third kappa shape index (κ3) is 5.35. The molecule has 198 valence electrons. The average molecular weight is 565 g/mol. The number of hydrogen-bond donors (Lipinski definition) is 0. The lowest BCUT2D eigenvalue weighted by Gasteiger charge is -2.29. The van der Waals surface area contributed by atoms with Gasteiger partial charge in [0.05, 0.1) is 19.4 Å². The van der Waals surface area contributed by atoms with Crippen LogP contribution in [0.1, 0.15) is 39.0 Å². The lowest BCUT2D eigenvalue weighted by Crippen LogP contribution is -2.42. The monoisotopic (exact) mass is 564 g/mol. The van der Waals surface area contributed by atoms with Gasteiger partial charge in [-0.25, -0.2) is 9.69 Å². The predicted octanol–water partition coefficient (Wildman–Crippen LogP) is 7.29. The second-order valence-electron chi connectivity index (χ2n) is 8.67. The van der Waals surface area contributed by atoms with E-state index in [0.717, 1.165) is 17.0 Å². The number of imide groups is 1. The Bertz CT molecular complexity index is 1390. The zero-order valence-corrected chi connectivity index (χ0v) is 21.7. The SMILES string of the molecule is COC(=O)N(Cc1ccccc1)C(=O)c1ccc(C2=NOC(c3cc(Cl)cc(Cl)c3)(C(F)(F)F)C2)cc1C. The molecular weight excluding hydrogens is 544 g/mol. The van der Waals surface area contributed by atoms with Crippen LogP contribution in [0.25, 0.3) is 0 Å². The van der Waals surface area contributed by atoms with Gasteiger partial charge in [0.25, 0.3) is 11.5 Å². The first-order valence-electron chi connectivity index (χ1n) is 11.3. The number of ether oxygens (including phenoxy) is 1. The Morgan fingerprint density at radius 3 is 2.29 bits per heavy atom. The molecule has 1 atom stereocenters. The zero-order chi connectivity index (χ0) is 27.7. The summed E-state index contributed by atoms with van der Waals surface area (Å²) >= 11 is 11.9. The fraction of sp³-hybridized carbons (Fsp3) is 0.222. The molecule has 0 spiro atoms. The number of alkyl halides is 3. The molecule has 1 heterocycles. The van der Waals surface area contributed by atoms with Crippen LogP contribution in [0.3, 0.4) is 0 Å².